The first-order chi connectivity index (χ1) is 11.1. The van der Waals surface area contributed by atoms with Gasteiger partial charge in [-0.15, -0.1) is 0 Å². The summed E-state index contributed by atoms with van der Waals surface area (Å²) in [6.45, 7) is 3.36. The molecule has 4 nitrogen and oxygen atoms in total. The van der Waals surface area contributed by atoms with Gasteiger partial charge in [-0.1, -0.05) is 0 Å². The lowest BCUT2D eigenvalue weighted by atomic mass is 10.0. The minimum atomic E-state index is -0.566. The Bertz CT molecular complexity index is 694. The average molecular weight is 320 g/mol. The van der Waals surface area contributed by atoms with E-state index in [1.807, 2.05) is 18.8 Å². The van der Waals surface area contributed by atoms with E-state index in [0.29, 0.717) is 17.8 Å². The summed E-state index contributed by atoms with van der Waals surface area (Å²) < 4.78 is 29.3. The maximum absolute atomic E-state index is 14.2. The van der Waals surface area contributed by atoms with Gasteiger partial charge in [0.2, 0.25) is 0 Å². The van der Waals surface area contributed by atoms with Crippen molar-refractivity contribution in [1.82, 2.24) is 20.0 Å². The van der Waals surface area contributed by atoms with E-state index in [-0.39, 0.29) is 0 Å². The van der Waals surface area contributed by atoms with E-state index >= 15 is 0 Å². The van der Waals surface area contributed by atoms with E-state index in [1.54, 1.807) is 0 Å². The molecule has 3 rings (SSSR count). The highest BCUT2D eigenvalue weighted by Gasteiger charge is 2.23. The van der Waals surface area contributed by atoms with Gasteiger partial charge in [0, 0.05) is 48.9 Å². The molecule has 124 valence electrons. The minimum absolute atomic E-state index is 0.373. The number of hydrogen-bond donors (Lipinski definition) is 1. The first-order valence-corrected chi connectivity index (χ1v) is 7.95. The minimum Gasteiger partial charge on any atom is -0.312 e. The summed E-state index contributed by atoms with van der Waals surface area (Å²) in [7, 11) is 4.09. The number of nitrogens with zero attached hydrogens (tertiary/aromatic N) is 3. The fourth-order valence-corrected chi connectivity index (χ4v) is 3.04. The fraction of sp³-hybridized carbons (Fsp3) is 0.471. The molecule has 1 aliphatic heterocycles. The van der Waals surface area contributed by atoms with Crippen LogP contribution in [0.1, 0.15) is 17.7 Å². The van der Waals surface area contributed by atoms with E-state index in [2.05, 4.69) is 15.3 Å². The third-order valence-electron chi connectivity index (χ3n) is 4.17. The highest BCUT2D eigenvalue weighted by molar-refractivity contribution is 5.65. The number of nitrogens with one attached hydrogen (secondary N) is 1. The number of hydrogen-bond acceptors (Lipinski definition) is 3. The summed E-state index contributed by atoms with van der Waals surface area (Å²) in [6, 6.07) is 3.68. The largest absolute Gasteiger partial charge is 0.312 e. The molecule has 2 aromatic rings. The van der Waals surface area contributed by atoms with Gasteiger partial charge in [-0.25, -0.2) is 8.78 Å². The van der Waals surface area contributed by atoms with Crippen molar-refractivity contribution in [2.75, 3.05) is 27.2 Å². The van der Waals surface area contributed by atoms with Crippen LogP contribution in [0.5, 0.6) is 0 Å². The van der Waals surface area contributed by atoms with Crippen LogP contribution < -0.4 is 5.32 Å². The van der Waals surface area contributed by atoms with Gasteiger partial charge in [0.05, 0.1) is 0 Å². The van der Waals surface area contributed by atoms with E-state index in [4.69, 9.17) is 0 Å². The van der Waals surface area contributed by atoms with Gasteiger partial charge in [0.1, 0.15) is 17.3 Å². The highest BCUT2D eigenvalue weighted by atomic mass is 19.1. The molecular formula is C17H22F2N4. The molecule has 0 saturated heterocycles. The molecule has 1 aromatic heterocycles. The van der Waals surface area contributed by atoms with Crippen LogP contribution in [0.25, 0.3) is 11.3 Å². The second-order valence-electron chi connectivity index (χ2n) is 6.20. The molecule has 0 spiro atoms. The van der Waals surface area contributed by atoms with Crippen molar-refractivity contribution < 1.29 is 8.78 Å². The van der Waals surface area contributed by atoms with Crippen molar-refractivity contribution in [1.29, 1.82) is 0 Å². The quantitative estimate of drug-likeness (QED) is 0.918. The summed E-state index contributed by atoms with van der Waals surface area (Å²) >= 11 is 0. The Morgan fingerprint density at radius 2 is 2.13 bits per heavy atom. The van der Waals surface area contributed by atoms with E-state index < -0.39 is 11.6 Å². The van der Waals surface area contributed by atoms with Crippen molar-refractivity contribution in [3.8, 4) is 11.3 Å². The molecule has 23 heavy (non-hydrogen) atoms. The molecule has 1 aromatic carbocycles. The second-order valence-corrected chi connectivity index (χ2v) is 6.20. The van der Waals surface area contributed by atoms with Crippen LogP contribution in [-0.4, -0.2) is 41.9 Å². The molecule has 0 unspecified atom stereocenters. The predicted octanol–water partition coefficient (Wildman–Crippen LogP) is 2.43. The molecule has 1 aliphatic rings. The maximum Gasteiger partial charge on any atom is 0.135 e. The third-order valence-corrected chi connectivity index (χ3v) is 4.17. The number of aryl methyl sites for hydroxylation is 1. The van der Waals surface area contributed by atoms with Crippen LogP contribution in [-0.2, 0) is 19.5 Å². The van der Waals surface area contributed by atoms with Crippen LogP contribution in [0.15, 0.2) is 18.2 Å². The van der Waals surface area contributed by atoms with Crippen molar-refractivity contribution in [3.05, 3.63) is 41.1 Å². The third kappa shape index (κ3) is 3.43. The van der Waals surface area contributed by atoms with E-state index in [9.17, 15) is 8.78 Å². The summed E-state index contributed by atoms with van der Waals surface area (Å²) in [5.41, 5.74) is 3.21. The molecule has 0 bridgehead atoms. The van der Waals surface area contributed by atoms with Crippen LogP contribution >= 0.6 is 0 Å². The monoisotopic (exact) mass is 320 g/mol. The Kier molecular flexibility index (Phi) is 4.73. The summed E-state index contributed by atoms with van der Waals surface area (Å²) in [6.07, 6.45) is 1.87. The Labute approximate surface area is 135 Å². The molecule has 0 atom stereocenters. The molecule has 0 fully saturated rings. The Morgan fingerprint density at radius 3 is 2.87 bits per heavy atom. The van der Waals surface area contributed by atoms with E-state index in [1.165, 1.54) is 17.8 Å². The summed E-state index contributed by atoms with van der Waals surface area (Å²) in [4.78, 5) is 2.14. The number of halogens is 2. The van der Waals surface area contributed by atoms with Gasteiger partial charge in [-0.3, -0.25) is 4.68 Å². The van der Waals surface area contributed by atoms with Gasteiger partial charge in [-0.05, 0) is 39.2 Å². The van der Waals surface area contributed by atoms with E-state index in [0.717, 1.165) is 44.1 Å². The van der Waals surface area contributed by atoms with Gasteiger partial charge in [-0.2, -0.15) is 5.10 Å². The topological polar surface area (TPSA) is 33.1 Å². The molecule has 0 radical (unpaired) electrons. The van der Waals surface area contributed by atoms with Gasteiger partial charge >= 0.3 is 0 Å². The van der Waals surface area contributed by atoms with Crippen molar-refractivity contribution in [3.63, 3.8) is 0 Å². The molecule has 0 aliphatic carbocycles. The lowest BCUT2D eigenvalue weighted by Gasteiger charge is -2.16. The Balaban J connectivity index is 1.95. The van der Waals surface area contributed by atoms with Crippen LogP contribution in [0.4, 0.5) is 8.78 Å². The maximum atomic E-state index is 14.2. The van der Waals surface area contributed by atoms with Crippen LogP contribution in [0, 0.1) is 11.6 Å². The predicted molar refractivity (Wildman–Crippen MR) is 86.2 cm³/mol. The first-order valence-electron chi connectivity index (χ1n) is 7.95. The van der Waals surface area contributed by atoms with Crippen molar-refractivity contribution in [2.24, 2.45) is 0 Å². The zero-order valence-electron chi connectivity index (χ0n) is 13.6. The average Bonchev–Trinajstić information content (AvgIpc) is 2.86. The molecule has 6 heteroatoms. The zero-order valence-corrected chi connectivity index (χ0v) is 13.6. The number of benzene rings is 1. The Morgan fingerprint density at radius 1 is 1.30 bits per heavy atom. The smallest absolute Gasteiger partial charge is 0.135 e. The van der Waals surface area contributed by atoms with Crippen molar-refractivity contribution in [2.45, 2.75) is 25.9 Å². The lowest BCUT2D eigenvalue weighted by Crippen LogP contribution is -2.25. The first kappa shape index (κ1) is 16.1. The number of fused-ring (bicyclic) bond motifs is 1. The summed E-state index contributed by atoms with van der Waals surface area (Å²) in [5, 5.41) is 7.96. The molecule has 0 saturated carbocycles. The second kappa shape index (κ2) is 6.76. The molecule has 1 N–H and O–H groups in total. The standard InChI is InChI=1S/C17H22F2N4/c1-22(2)8-3-9-23-16-6-7-20-11-14(16)17(21-23)13-5-4-12(18)10-15(13)19/h4-5,10,20H,3,6-9,11H2,1-2H3. The van der Waals surface area contributed by atoms with Gasteiger partial charge in [0.25, 0.3) is 0 Å². The Hall–Kier alpha value is -1.79. The van der Waals surface area contributed by atoms with Crippen LogP contribution in [0.2, 0.25) is 0 Å². The SMILES string of the molecule is CN(C)CCCn1nc(-c2ccc(F)cc2F)c2c1CCNC2. The highest BCUT2D eigenvalue weighted by Crippen LogP contribution is 2.30. The molecule has 2 heterocycles. The number of rotatable bonds is 5. The van der Waals surface area contributed by atoms with Gasteiger partial charge in [0.15, 0.2) is 0 Å². The molecule has 0 amide bonds. The molecular weight excluding hydrogens is 298 g/mol. The van der Waals surface area contributed by atoms with Gasteiger partial charge < -0.3 is 10.2 Å². The van der Waals surface area contributed by atoms with Crippen LogP contribution in [0.3, 0.4) is 0 Å². The summed E-state index contributed by atoms with van der Waals surface area (Å²) in [5.74, 6) is -1.13. The van der Waals surface area contributed by atoms with Crippen molar-refractivity contribution >= 4 is 0 Å². The fourth-order valence-electron chi connectivity index (χ4n) is 3.04. The lowest BCUT2D eigenvalue weighted by molar-refractivity contribution is 0.377. The zero-order chi connectivity index (χ0) is 16.4. The normalized spacial score (nSPS) is 14.3. The number of aromatic nitrogens is 2.